The molecular formula is C26H28F3N9O. The van der Waals surface area contributed by atoms with Gasteiger partial charge >= 0.3 is 6.18 Å². The highest BCUT2D eigenvalue weighted by atomic mass is 19.4. The normalized spacial score (nSPS) is 18.3. The molecule has 0 aliphatic carbocycles. The van der Waals surface area contributed by atoms with Crippen LogP contribution in [0.4, 0.5) is 30.2 Å². The van der Waals surface area contributed by atoms with E-state index in [2.05, 4.69) is 53.5 Å². The van der Waals surface area contributed by atoms with Crippen LogP contribution in [0.1, 0.15) is 39.8 Å². The first-order valence-corrected chi connectivity index (χ1v) is 12.6. The minimum absolute atomic E-state index is 0.237. The molecule has 1 N–H and O–H groups in total. The maximum Gasteiger partial charge on any atom is 0.416 e. The van der Waals surface area contributed by atoms with E-state index in [-0.39, 0.29) is 11.7 Å². The number of nitrogens with zero attached hydrogens (tertiary/aromatic N) is 8. The quantitative estimate of drug-likeness (QED) is 0.509. The van der Waals surface area contributed by atoms with E-state index in [0.717, 1.165) is 56.1 Å². The fourth-order valence-electron chi connectivity index (χ4n) is 4.56. The number of hydrogen-bond acceptors (Lipinski definition) is 9. The van der Waals surface area contributed by atoms with E-state index in [1.807, 2.05) is 6.20 Å². The van der Waals surface area contributed by atoms with Gasteiger partial charge in [0.15, 0.2) is 0 Å². The van der Waals surface area contributed by atoms with Crippen LogP contribution in [0, 0.1) is 6.92 Å². The number of rotatable bonds is 5. The lowest BCUT2D eigenvalue weighted by molar-refractivity contribution is -0.137. The summed E-state index contributed by atoms with van der Waals surface area (Å²) in [5.41, 5.74) is 2.28. The van der Waals surface area contributed by atoms with Crippen LogP contribution in [0.15, 0.2) is 59.4 Å². The number of alkyl halides is 3. The molecule has 3 aromatic rings. The molecule has 1 atom stereocenters. The predicted octanol–water partition coefficient (Wildman–Crippen LogP) is 4.52. The highest BCUT2D eigenvalue weighted by Gasteiger charge is 2.31. The molecule has 0 radical (unpaired) electrons. The van der Waals surface area contributed by atoms with Gasteiger partial charge in [-0.2, -0.15) is 18.3 Å². The average molecular weight is 540 g/mol. The maximum absolute atomic E-state index is 13.0. The first-order chi connectivity index (χ1) is 18.7. The number of hydrogen-bond donors (Lipinski definition) is 1. The van der Waals surface area contributed by atoms with Crippen molar-refractivity contribution in [2.24, 2.45) is 10.3 Å². The van der Waals surface area contributed by atoms with E-state index in [1.54, 1.807) is 24.2 Å². The third kappa shape index (κ3) is 6.14. The van der Waals surface area contributed by atoms with Crippen molar-refractivity contribution >= 4 is 23.0 Å². The number of anilines is 3. The van der Waals surface area contributed by atoms with Crippen LogP contribution in [-0.2, 0) is 6.18 Å². The zero-order valence-corrected chi connectivity index (χ0v) is 21.6. The van der Waals surface area contributed by atoms with E-state index in [4.69, 9.17) is 0 Å². The molecule has 0 spiro atoms. The molecule has 0 saturated carbocycles. The summed E-state index contributed by atoms with van der Waals surface area (Å²) in [6.07, 6.45) is 2.56. The van der Waals surface area contributed by atoms with Crippen LogP contribution in [0.25, 0.3) is 0 Å². The molecule has 2 aliphatic heterocycles. The van der Waals surface area contributed by atoms with Gasteiger partial charge in [0.1, 0.15) is 11.7 Å². The zero-order chi connectivity index (χ0) is 27.6. The first kappa shape index (κ1) is 26.5. The number of carbonyl (C=O) groups is 1. The minimum Gasteiger partial charge on any atom is -0.369 e. The highest BCUT2D eigenvalue weighted by molar-refractivity contribution is 6.03. The lowest BCUT2D eigenvalue weighted by Gasteiger charge is -2.23. The molecule has 0 bridgehead atoms. The second-order valence-electron chi connectivity index (χ2n) is 9.63. The van der Waals surface area contributed by atoms with Crippen molar-refractivity contribution in [1.82, 2.24) is 19.9 Å². The van der Waals surface area contributed by atoms with Gasteiger partial charge in [0, 0.05) is 37.6 Å². The Hall–Kier alpha value is -4.13. The van der Waals surface area contributed by atoms with Gasteiger partial charge in [0.05, 0.1) is 47.3 Å². The van der Waals surface area contributed by atoms with Crippen molar-refractivity contribution in [2.75, 3.05) is 55.0 Å². The van der Waals surface area contributed by atoms with Crippen molar-refractivity contribution in [3.8, 4) is 0 Å². The summed E-state index contributed by atoms with van der Waals surface area (Å²) >= 11 is 0. The van der Waals surface area contributed by atoms with E-state index in [9.17, 15) is 18.0 Å². The smallest absolute Gasteiger partial charge is 0.369 e. The van der Waals surface area contributed by atoms with Crippen LogP contribution in [-0.4, -0.2) is 65.5 Å². The molecule has 1 unspecified atom stereocenters. The Kier molecular flexibility index (Phi) is 7.42. The first-order valence-electron chi connectivity index (χ1n) is 12.6. The van der Waals surface area contributed by atoms with Crippen LogP contribution < -0.4 is 15.2 Å². The Morgan fingerprint density at radius 1 is 1.05 bits per heavy atom. The van der Waals surface area contributed by atoms with Gasteiger partial charge in [0.2, 0.25) is 0 Å². The van der Waals surface area contributed by atoms with Crippen molar-refractivity contribution in [2.45, 2.75) is 25.6 Å². The van der Waals surface area contributed by atoms with Gasteiger partial charge in [-0.25, -0.2) is 5.01 Å². The molecule has 39 heavy (non-hydrogen) atoms. The second-order valence-corrected chi connectivity index (χ2v) is 9.63. The Labute approximate surface area is 223 Å². The maximum atomic E-state index is 13.0. The second kappa shape index (κ2) is 10.9. The van der Waals surface area contributed by atoms with Gasteiger partial charge in [-0.05, 0) is 51.2 Å². The van der Waals surface area contributed by atoms with Crippen LogP contribution in [0.5, 0.6) is 0 Å². The van der Waals surface area contributed by atoms with Gasteiger partial charge in [-0.3, -0.25) is 19.7 Å². The fourth-order valence-corrected chi connectivity index (χ4v) is 4.56. The molecule has 5 heterocycles. The Bertz CT molecular complexity index is 1380. The monoisotopic (exact) mass is 539 g/mol. The summed E-state index contributed by atoms with van der Waals surface area (Å²) in [5, 5.41) is 13.0. The standard InChI is InChI=1S/C26H28F3N9O/c1-17-24(12-20(14-32-17)33-25(39)22-11-19(4-5-31-22)26(27,28)29)38-16-23(34-35-38)18-10-21(15-30-13-18)37-7-3-6-36(2)8-9-37/h4-5,10-15,23H,3,6-9,16H2,1-2H3,(H,33,39). The largest absolute Gasteiger partial charge is 0.416 e. The third-order valence-electron chi connectivity index (χ3n) is 6.78. The van der Waals surface area contributed by atoms with Gasteiger partial charge < -0.3 is 15.1 Å². The minimum atomic E-state index is -4.58. The van der Waals surface area contributed by atoms with Gasteiger partial charge in [0.25, 0.3) is 5.91 Å². The van der Waals surface area contributed by atoms with Crippen molar-refractivity contribution < 1.29 is 18.0 Å². The highest BCUT2D eigenvalue weighted by Crippen LogP contribution is 2.33. The molecule has 0 aromatic carbocycles. The number of halogens is 3. The average Bonchev–Trinajstić information content (AvgIpc) is 3.31. The van der Waals surface area contributed by atoms with E-state index >= 15 is 0 Å². The fraction of sp³-hybridized carbons (Fsp3) is 0.385. The number of carbonyl (C=O) groups excluding carboxylic acids is 1. The van der Waals surface area contributed by atoms with Gasteiger partial charge in [-0.1, -0.05) is 5.22 Å². The zero-order valence-electron chi connectivity index (χ0n) is 21.6. The Morgan fingerprint density at radius 3 is 2.72 bits per heavy atom. The van der Waals surface area contributed by atoms with Gasteiger partial charge in [-0.15, -0.1) is 0 Å². The van der Waals surface area contributed by atoms with Crippen LogP contribution in [0.2, 0.25) is 0 Å². The molecular weight excluding hydrogens is 511 g/mol. The molecule has 1 saturated heterocycles. The summed E-state index contributed by atoms with van der Waals surface area (Å²) < 4.78 is 39.1. The van der Waals surface area contributed by atoms with E-state index in [1.165, 1.54) is 6.20 Å². The molecule has 10 nitrogen and oxygen atoms in total. The molecule has 1 fully saturated rings. The summed E-state index contributed by atoms with van der Waals surface area (Å²) in [5.74, 6) is -0.777. The Balaban J connectivity index is 1.28. The van der Waals surface area contributed by atoms with E-state index in [0.29, 0.717) is 29.7 Å². The molecule has 2 aliphatic rings. The van der Waals surface area contributed by atoms with Crippen molar-refractivity contribution in [3.63, 3.8) is 0 Å². The van der Waals surface area contributed by atoms with E-state index < -0.39 is 17.6 Å². The number of nitrogens with one attached hydrogen (secondary N) is 1. The molecule has 204 valence electrons. The summed E-state index contributed by atoms with van der Waals surface area (Å²) in [4.78, 5) is 29.8. The van der Waals surface area contributed by atoms with Crippen LogP contribution >= 0.6 is 0 Å². The summed E-state index contributed by atoms with van der Waals surface area (Å²) in [6.45, 7) is 6.20. The van der Waals surface area contributed by atoms with Crippen molar-refractivity contribution in [1.29, 1.82) is 0 Å². The van der Waals surface area contributed by atoms with Crippen LogP contribution in [0.3, 0.4) is 0 Å². The lowest BCUT2D eigenvalue weighted by Crippen LogP contribution is -2.29. The SMILES string of the molecule is Cc1ncc(NC(=O)c2cc(C(F)(F)F)ccn2)cc1N1CC(c2cncc(N3CCCN(C)CC3)c2)N=N1. The molecule has 1 amide bonds. The number of aryl methyl sites for hydroxylation is 1. The summed E-state index contributed by atoms with van der Waals surface area (Å²) in [6, 6.07) is 5.06. The number of aromatic nitrogens is 3. The summed E-state index contributed by atoms with van der Waals surface area (Å²) in [7, 11) is 2.13. The number of likely N-dealkylation sites (N-methyl/N-ethyl adjacent to an activating group) is 1. The topological polar surface area (TPSA) is 102 Å². The lowest BCUT2D eigenvalue weighted by atomic mass is 10.1. The molecule has 13 heteroatoms. The number of pyridine rings is 3. The molecule has 5 rings (SSSR count). The third-order valence-corrected chi connectivity index (χ3v) is 6.78. The predicted molar refractivity (Wildman–Crippen MR) is 140 cm³/mol. The molecule has 3 aromatic heterocycles. The van der Waals surface area contributed by atoms with Crippen molar-refractivity contribution in [3.05, 3.63) is 71.6 Å². The number of amides is 1. The Morgan fingerprint density at radius 2 is 1.90 bits per heavy atom.